The molecule has 6 fully saturated rings. The van der Waals surface area contributed by atoms with Crippen LogP contribution in [0.5, 0.6) is 0 Å². The van der Waals surface area contributed by atoms with E-state index in [9.17, 15) is 4.79 Å². The van der Waals surface area contributed by atoms with Gasteiger partial charge in [-0.15, -0.1) is 0 Å². The Morgan fingerprint density at radius 1 is 0.429 bits per heavy atom. The minimum Gasteiger partial charge on any atom is -0.434 e. The molecule has 0 unspecified atom stereocenters. The Bertz CT molecular complexity index is 1260. The van der Waals surface area contributed by atoms with Crippen molar-refractivity contribution in [2.75, 3.05) is 139 Å². The Morgan fingerprint density at radius 3 is 1.02 bits per heavy atom. The van der Waals surface area contributed by atoms with Crippen LogP contribution in [-0.4, -0.2) is 145 Å². The third-order valence-corrected chi connectivity index (χ3v) is 14.2. The van der Waals surface area contributed by atoms with Gasteiger partial charge in [0.2, 0.25) is 0 Å². The van der Waals surface area contributed by atoms with E-state index in [1.807, 2.05) is 18.2 Å². The van der Waals surface area contributed by atoms with Crippen LogP contribution in [0.15, 0.2) is 30.3 Å². The number of rotatable bonds is 26. The van der Waals surface area contributed by atoms with Crippen LogP contribution in [0.4, 0.5) is 4.79 Å². The van der Waals surface area contributed by atoms with Crippen molar-refractivity contribution in [3.05, 3.63) is 35.9 Å². The van der Waals surface area contributed by atoms with Crippen LogP contribution < -0.4 is 0 Å². The molecule has 0 bridgehead atoms. The first kappa shape index (κ1) is 53.7. The molecule has 7 rings (SSSR count). The van der Waals surface area contributed by atoms with Crippen LogP contribution in [0.25, 0.3) is 0 Å². The second-order valence-corrected chi connectivity index (χ2v) is 19.4. The van der Waals surface area contributed by atoms with Crippen molar-refractivity contribution in [2.45, 2.75) is 106 Å². The monoisotopic (exact) mass is 895 g/mol. The Morgan fingerprint density at radius 2 is 0.730 bits per heavy atom. The van der Waals surface area contributed by atoms with Gasteiger partial charge in [0, 0.05) is 28.3 Å². The van der Waals surface area contributed by atoms with Crippen molar-refractivity contribution in [3.8, 4) is 0 Å². The Kier molecular flexibility index (Phi) is 23.6. The summed E-state index contributed by atoms with van der Waals surface area (Å²) in [4.78, 5) is 11.5. The summed E-state index contributed by atoms with van der Waals surface area (Å²) in [5.74, 6) is 0. The predicted molar refractivity (Wildman–Crippen MR) is 242 cm³/mol. The average molecular weight is 895 g/mol. The zero-order valence-electron chi connectivity index (χ0n) is 40.4. The van der Waals surface area contributed by atoms with Crippen molar-refractivity contribution >= 4 is 6.16 Å². The van der Waals surface area contributed by atoms with Gasteiger partial charge in [-0.05, 0) is 50.5 Å². The van der Waals surface area contributed by atoms with Crippen molar-refractivity contribution in [1.29, 1.82) is 0 Å². The van der Waals surface area contributed by atoms with Crippen LogP contribution in [0.1, 0.15) is 105 Å². The molecule has 0 N–H and O–H groups in total. The van der Waals surface area contributed by atoms with Crippen LogP contribution in [0.3, 0.4) is 0 Å². The summed E-state index contributed by atoms with van der Waals surface area (Å²) in [5, 5.41) is 0. The van der Waals surface area contributed by atoms with Gasteiger partial charge in [0.1, 0.15) is 13.2 Å². The standard InChI is InChI=1S/C14H26O4.C13H22O5.C13H18O2.C10H20O2/c1-3-13(9-17-10-13)7-15-5-6-16-8-14(4-2)11-18-12-14;1-3-12(5-15-6-12)9-17-11(14)18-10-13(4-2)7-16-8-13;1-2-13(10-15-11-13)9-14-8-12-6-4-3-5-7-12;1-3-5-6-11-7-10(4-2)8-12-9-10/h3-12H2,1-2H3;3-10H2,1-2H3;3-7H,2,8-11H2,1H3;3-9H2,1-2H3. The molecule has 6 saturated heterocycles. The zero-order chi connectivity index (χ0) is 45.4. The number of unbranched alkanes of at least 4 members (excludes halogenated alkanes) is 1. The predicted octanol–water partition coefficient (Wildman–Crippen LogP) is 8.73. The van der Waals surface area contributed by atoms with E-state index >= 15 is 0 Å². The topological polar surface area (TPSA) is 128 Å². The maximum absolute atomic E-state index is 11.5. The summed E-state index contributed by atoms with van der Waals surface area (Å²) in [6.07, 6.45) is 8.31. The molecule has 6 heterocycles. The number of carbonyl (C=O) groups is 1. The van der Waals surface area contributed by atoms with E-state index in [-0.39, 0.29) is 21.7 Å². The number of ether oxygens (including phenoxy) is 12. The minimum atomic E-state index is -0.575. The summed E-state index contributed by atoms with van der Waals surface area (Å²) in [6, 6.07) is 10.3. The molecule has 6 aliphatic heterocycles. The molecule has 13 nitrogen and oxygen atoms in total. The molecule has 0 aliphatic carbocycles. The van der Waals surface area contributed by atoms with Gasteiger partial charge in [0.15, 0.2) is 0 Å². The highest BCUT2D eigenvalue weighted by atomic mass is 16.7. The summed E-state index contributed by atoms with van der Waals surface area (Å²) >= 11 is 0. The molecule has 0 aromatic heterocycles. The lowest BCUT2D eigenvalue weighted by molar-refractivity contribution is -0.164. The van der Waals surface area contributed by atoms with E-state index in [4.69, 9.17) is 56.8 Å². The summed E-state index contributed by atoms with van der Waals surface area (Å²) in [5.41, 5.74) is 2.51. The lowest BCUT2D eigenvalue weighted by Crippen LogP contribution is -2.47. The van der Waals surface area contributed by atoms with E-state index in [2.05, 4.69) is 60.6 Å². The van der Waals surface area contributed by atoms with Gasteiger partial charge in [-0.3, -0.25) is 0 Å². The number of hydrogen-bond acceptors (Lipinski definition) is 13. The molecule has 63 heavy (non-hydrogen) atoms. The van der Waals surface area contributed by atoms with Gasteiger partial charge in [-0.25, -0.2) is 4.79 Å². The Balaban J connectivity index is 0.000000187. The van der Waals surface area contributed by atoms with Gasteiger partial charge in [0.05, 0.1) is 136 Å². The molecule has 0 atom stereocenters. The third-order valence-electron chi connectivity index (χ3n) is 14.2. The van der Waals surface area contributed by atoms with E-state index in [1.54, 1.807) is 0 Å². The fourth-order valence-corrected chi connectivity index (χ4v) is 7.34. The summed E-state index contributed by atoms with van der Waals surface area (Å²) < 4.78 is 64.4. The Labute approximate surface area is 380 Å². The molecule has 0 saturated carbocycles. The lowest BCUT2D eigenvalue weighted by atomic mass is 9.84. The highest BCUT2D eigenvalue weighted by Crippen LogP contribution is 2.35. The fourth-order valence-electron chi connectivity index (χ4n) is 7.34. The first-order valence-corrected chi connectivity index (χ1v) is 24.2. The minimum absolute atomic E-state index is 0.0149. The average Bonchev–Trinajstić information content (AvgIpc) is 3.22. The normalized spacial score (nSPS) is 22.0. The second kappa shape index (κ2) is 27.7. The molecule has 13 heteroatoms. The number of carbonyl (C=O) groups excluding carboxylic acids is 1. The highest BCUT2D eigenvalue weighted by molar-refractivity contribution is 5.60. The van der Waals surface area contributed by atoms with Gasteiger partial charge in [-0.2, -0.15) is 0 Å². The van der Waals surface area contributed by atoms with Crippen LogP contribution in [0.2, 0.25) is 0 Å². The molecule has 0 spiro atoms. The van der Waals surface area contributed by atoms with Crippen LogP contribution in [-0.2, 0) is 63.4 Å². The quantitative estimate of drug-likeness (QED) is 0.0651. The van der Waals surface area contributed by atoms with Crippen molar-refractivity contribution in [1.82, 2.24) is 0 Å². The van der Waals surface area contributed by atoms with E-state index in [0.29, 0.717) is 70.3 Å². The molecular formula is C50H86O13. The Hall–Kier alpha value is -1.91. The molecule has 0 amide bonds. The second-order valence-electron chi connectivity index (χ2n) is 19.4. The molecule has 6 aliphatic rings. The fraction of sp³-hybridized carbons (Fsp3) is 0.860. The first-order valence-electron chi connectivity index (χ1n) is 24.2. The summed E-state index contributed by atoms with van der Waals surface area (Å²) in [6.45, 7) is 31.8. The number of hydrogen-bond donors (Lipinski definition) is 0. The van der Waals surface area contributed by atoms with Crippen molar-refractivity contribution in [2.24, 2.45) is 32.5 Å². The number of benzene rings is 1. The van der Waals surface area contributed by atoms with Gasteiger partial charge >= 0.3 is 6.16 Å². The molecule has 0 radical (unpaired) electrons. The zero-order valence-corrected chi connectivity index (χ0v) is 40.4. The molecule has 1 aromatic rings. The molecular weight excluding hydrogens is 809 g/mol. The lowest BCUT2D eigenvalue weighted by Gasteiger charge is -2.41. The van der Waals surface area contributed by atoms with Crippen molar-refractivity contribution < 1.29 is 61.6 Å². The van der Waals surface area contributed by atoms with Crippen LogP contribution in [0, 0.1) is 32.5 Å². The van der Waals surface area contributed by atoms with Crippen molar-refractivity contribution in [3.63, 3.8) is 0 Å². The maximum Gasteiger partial charge on any atom is 0.508 e. The largest absolute Gasteiger partial charge is 0.508 e. The smallest absolute Gasteiger partial charge is 0.434 e. The van der Waals surface area contributed by atoms with Gasteiger partial charge in [-0.1, -0.05) is 85.2 Å². The van der Waals surface area contributed by atoms with Gasteiger partial charge in [0.25, 0.3) is 0 Å². The molecule has 364 valence electrons. The van der Waals surface area contributed by atoms with Crippen LogP contribution >= 0.6 is 0 Å². The SMILES string of the molecule is CCC1(COC(=O)OCC2(CC)COC2)COC1.CCC1(COCCOCC2(CC)COC2)COC1.CCC1(COCc2ccccc2)COC1.CCCCOCC1(CC)COC1. The third kappa shape index (κ3) is 17.0. The molecule has 1 aromatic carbocycles. The van der Waals surface area contributed by atoms with E-state index in [0.717, 1.165) is 118 Å². The van der Waals surface area contributed by atoms with E-state index < -0.39 is 6.16 Å². The summed E-state index contributed by atoms with van der Waals surface area (Å²) in [7, 11) is 0. The maximum atomic E-state index is 11.5. The van der Waals surface area contributed by atoms with E-state index in [1.165, 1.54) is 24.8 Å². The first-order chi connectivity index (χ1) is 30.6. The highest BCUT2D eigenvalue weighted by Gasteiger charge is 2.42. The van der Waals surface area contributed by atoms with Gasteiger partial charge < -0.3 is 56.8 Å².